The molecule has 2 aromatic rings. The minimum atomic E-state index is -0.459. The van der Waals surface area contributed by atoms with Gasteiger partial charge in [-0.05, 0) is 12.1 Å². The van der Waals surface area contributed by atoms with E-state index in [1.807, 2.05) is 0 Å². The molecule has 0 aromatic carbocycles. The third kappa shape index (κ3) is 2.86. The summed E-state index contributed by atoms with van der Waals surface area (Å²) in [5, 5.41) is 3.76. The first-order valence-corrected chi connectivity index (χ1v) is 5.64. The molecule has 0 aliphatic heterocycles. The Balaban J connectivity index is 2.10. The van der Waals surface area contributed by atoms with Crippen molar-refractivity contribution >= 4 is 17.9 Å². The Labute approximate surface area is 114 Å². The van der Waals surface area contributed by atoms with Crippen molar-refractivity contribution < 1.29 is 4.79 Å². The number of nitrogens with one attached hydrogen (secondary N) is 1. The molecule has 102 valence electrons. The number of anilines is 1. The smallest absolute Gasteiger partial charge is 0.348 e. The fraction of sp³-hybridized carbons (Fsp3) is 0.0833. The van der Waals surface area contributed by atoms with Crippen LogP contribution in [-0.2, 0) is 7.05 Å². The summed E-state index contributed by atoms with van der Waals surface area (Å²) in [6.07, 6.45) is 5.59. The van der Waals surface area contributed by atoms with E-state index in [2.05, 4.69) is 20.5 Å². The number of hydrazone groups is 1. The van der Waals surface area contributed by atoms with Crippen LogP contribution < -0.4 is 16.8 Å². The molecule has 8 heteroatoms. The van der Waals surface area contributed by atoms with Crippen molar-refractivity contribution in [1.29, 1.82) is 0 Å². The third-order valence-corrected chi connectivity index (χ3v) is 2.55. The van der Waals surface area contributed by atoms with Gasteiger partial charge in [0.2, 0.25) is 0 Å². The van der Waals surface area contributed by atoms with Gasteiger partial charge < -0.3 is 5.73 Å². The molecule has 0 fully saturated rings. The summed E-state index contributed by atoms with van der Waals surface area (Å²) >= 11 is 0. The predicted molar refractivity (Wildman–Crippen MR) is 73.2 cm³/mol. The Morgan fingerprint density at radius 1 is 1.50 bits per heavy atom. The standard InChI is InChI=1S/C12H12N6O2/c1-18-10(13)9(6-15-12(18)20)7-16-17-11(19)8-3-2-4-14-5-8/h2-7H,13H2,1H3,(H,17,19)/b16-7+. The van der Waals surface area contributed by atoms with Crippen LogP contribution in [0.15, 0.2) is 40.6 Å². The van der Waals surface area contributed by atoms with E-state index in [0.29, 0.717) is 11.1 Å². The van der Waals surface area contributed by atoms with Crippen LogP contribution in [0.5, 0.6) is 0 Å². The number of carbonyl (C=O) groups is 1. The molecule has 0 saturated carbocycles. The molecule has 0 aliphatic rings. The number of nitrogens with two attached hydrogens (primary N) is 1. The molecule has 0 unspecified atom stereocenters. The zero-order valence-corrected chi connectivity index (χ0v) is 10.6. The maximum absolute atomic E-state index is 11.7. The van der Waals surface area contributed by atoms with E-state index in [0.717, 1.165) is 0 Å². The van der Waals surface area contributed by atoms with Gasteiger partial charge in [0.05, 0.1) is 17.3 Å². The molecular formula is C12H12N6O2. The van der Waals surface area contributed by atoms with Crippen LogP contribution in [0.2, 0.25) is 0 Å². The molecule has 0 bridgehead atoms. The largest absolute Gasteiger partial charge is 0.384 e. The molecule has 8 nitrogen and oxygen atoms in total. The van der Waals surface area contributed by atoms with E-state index in [4.69, 9.17) is 5.73 Å². The number of carbonyl (C=O) groups excluding carboxylic acids is 1. The molecule has 3 N–H and O–H groups in total. The van der Waals surface area contributed by atoms with Gasteiger partial charge in [0.1, 0.15) is 5.82 Å². The van der Waals surface area contributed by atoms with E-state index in [1.165, 1.54) is 30.2 Å². The van der Waals surface area contributed by atoms with Crippen molar-refractivity contribution in [3.63, 3.8) is 0 Å². The minimum absolute atomic E-state index is 0.212. The minimum Gasteiger partial charge on any atom is -0.384 e. The number of hydrogen-bond acceptors (Lipinski definition) is 6. The number of nitrogen functional groups attached to an aromatic ring is 1. The predicted octanol–water partition coefficient (Wildman–Crippen LogP) is -0.479. The summed E-state index contributed by atoms with van der Waals surface area (Å²) in [6, 6.07) is 3.26. The molecule has 0 atom stereocenters. The first kappa shape index (κ1) is 13.4. The zero-order chi connectivity index (χ0) is 14.5. The average Bonchev–Trinajstić information content (AvgIpc) is 2.48. The van der Waals surface area contributed by atoms with Gasteiger partial charge in [0, 0.05) is 25.6 Å². The normalized spacial score (nSPS) is 10.7. The molecule has 1 amide bonds. The summed E-state index contributed by atoms with van der Waals surface area (Å²) in [4.78, 5) is 30.3. The second-order valence-corrected chi connectivity index (χ2v) is 3.88. The van der Waals surface area contributed by atoms with Crippen molar-refractivity contribution in [1.82, 2.24) is 20.0 Å². The molecule has 0 aliphatic carbocycles. The highest BCUT2D eigenvalue weighted by molar-refractivity contribution is 5.94. The number of nitrogens with zero attached hydrogens (tertiary/aromatic N) is 4. The Kier molecular flexibility index (Phi) is 3.85. The summed E-state index contributed by atoms with van der Waals surface area (Å²) in [7, 11) is 1.50. The third-order valence-electron chi connectivity index (χ3n) is 2.55. The quantitative estimate of drug-likeness (QED) is 0.578. The first-order chi connectivity index (χ1) is 9.59. The lowest BCUT2D eigenvalue weighted by molar-refractivity contribution is 0.0955. The van der Waals surface area contributed by atoms with Crippen LogP contribution in [0.1, 0.15) is 15.9 Å². The summed E-state index contributed by atoms with van der Waals surface area (Å²) in [5.74, 6) is -0.185. The monoisotopic (exact) mass is 272 g/mol. The van der Waals surface area contributed by atoms with Gasteiger partial charge in [-0.25, -0.2) is 15.2 Å². The Hall–Kier alpha value is -3.03. The second kappa shape index (κ2) is 5.74. The van der Waals surface area contributed by atoms with Crippen molar-refractivity contribution in [2.45, 2.75) is 0 Å². The Bertz CT molecular complexity index is 708. The molecule has 20 heavy (non-hydrogen) atoms. The van der Waals surface area contributed by atoms with Gasteiger partial charge in [-0.3, -0.25) is 14.3 Å². The van der Waals surface area contributed by atoms with Gasteiger partial charge in [0.15, 0.2) is 0 Å². The molecule has 0 radical (unpaired) electrons. The number of rotatable bonds is 3. The maximum atomic E-state index is 11.7. The maximum Gasteiger partial charge on any atom is 0.348 e. The van der Waals surface area contributed by atoms with Gasteiger partial charge in [0.25, 0.3) is 5.91 Å². The van der Waals surface area contributed by atoms with Crippen molar-refractivity contribution in [2.75, 3.05) is 5.73 Å². The number of aromatic nitrogens is 3. The van der Waals surface area contributed by atoms with Gasteiger partial charge >= 0.3 is 5.69 Å². The van der Waals surface area contributed by atoms with Gasteiger partial charge in [-0.2, -0.15) is 5.10 Å². The van der Waals surface area contributed by atoms with E-state index in [9.17, 15) is 9.59 Å². The number of hydrogen-bond donors (Lipinski definition) is 2. The molecule has 2 aromatic heterocycles. The summed E-state index contributed by atoms with van der Waals surface area (Å²) < 4.78 is 1.18. The van der Waals surface area contributed by atoms with Gasteiger partial charge in [-0.1, -0.05) is 0 Å². The highest BCUT2D eigenvalue weighted by Gasteiger charge is 2.04. The average molecular weight is 272 g/mol. The van der Waals surface area contributed by atoms with Crippen molar-refractivity contribution in [3.8, 4) is 0 Å². The molecule has 0 saturated heterocycles. The van der Waals surface area contributed by atoms with Crippen LogP contribution in [0, 0.1) is 0 Å². The SMILES string of the molecule is Cn1c(N)c(/C=N/NC(=O)c2cccnc2)cnc1=O. The Morgan fingerprint density at radius 3 is 3.00 bits per heavy atom. The fourth-order valence-corrected chi connectivity index (χ4v) is 1.40. The van der Waals surface area contributed by atoms with Crippen LogP contribution in [0.25, 0.3) is 0 Å². The lowest BCUT2D eigenvalue weighted by Crippen LogP contribution is -2.24. The Morgan fingerprint density at radius 2 is 2.30 bits per heavy atom. The van der Waals surface area contributed by atoms with Crippen LogP contribution in [0.3, 0.4) is 0 Å². The highest BCUT2D eigenvalue weighted by atomic mass is 16.2. The zero-order valence-electron chi connectivity index (χ0n) is 10.6. The summed E-state index contributed by atoms with van der Waals surface area (Å²) in [6.45, 7) is 0. The fourth-order valence-electron chi connectivity index (χ4n) is 1.40. The molecule has 0 spiro atoms. The van der Waals surface area contributed by atoms with Crippen molar-refractivity contribution in [2.24, 2.45) is 12.1 Å². The van der Waals surface area contributed by atoms with Crippen LogP contribution in [-0.4, -0.2) is 26.7 Å². The lowest BCUT2D eigenvalue weighted by atomic mass is 10.3. The summed E-state index contributed by atoms with van der Waals surface area (Å²) in [5.41, 5.74) is 8.40. The first-order valence-electron chi connectivity index (χ1n) is 5.64. The highest BCUT2D eigenvalue weighted by Crippen LogP contribution is 2.02. The molecule has 2 heterocycles. The van der Waals surface area contributed by atoms with E-state index < -0.39 is 11.6 Å². The lowest BCUT2D eigenvalue weighted by Gasteiger charge is -2.04. The van der Waals surface area contributed by atoms with E-state index >= 15 is 0 Å². The number of amides is 1. The van der Waals surface area contributed by atoms with Crippen LogP contribution in [0.4, 0.5) is 5.82 Å². The van der Waals surface area contributed by atoms with Crippen LogP contribution >= 0.6 is 0 Å². The van der Waals surface area contributed by atoms with Crippen molar-refractivity contribution in [3.05, 3.63) is 52.3 Å². The topological polar surface area (TPSA) is 115 Å². The van der Waals surface area contributed by atoms with E-state index in [1.54, 1.807) is 18.3 Å². The number of pyridine rings is 1. The molecule has 2 rings (SSSR count). The van der Waals surface area contributed by atoms with E-state index in [-0.39, 0.29) is 5.82 Å². The van der Waals surface area contributed by atoms with Gasteiger partial charge in [-0.15, -0.1) is 0 Å². The second-order valence-electron chi connectivity index (χ2n) is 3.88. The molecular weight excluding hydrogens is 260 g/mol.